The Bertz CT molecular complexity index is 1080. The van der Waals surface area contributed by atoms with Crippen molar-refractivity contribution >= 4 is 17.7 Å². The molecule has 6 heteroatoms. The third-order valence-corrected chi connectivity index (χ3v) is 6.93. The highest BCUT2D eigenvalue weighted by Gasteiger charge is 2.52. The van der Waals surface area contributed by atoms with Gasteiger partial charge >= 0.3 is 6.09 Å². The lowest BCUT2D eigenvalue weighted by atomic mass is 9.89. The number of hydrogen-bond donors (Lipinski definition) is 0. The highest BCUT2D eigenvalue weighted by Crippen LogP contribution is 2.34. The van der Waals surface area contributed by atoms with E-state index in [-0.39, 0.29) is 0 Å². The van der Waals surface area contributed by atoms with E-state index in [1.807, 2.05) is 44.2 Å². The Morgan fingerprint density at radius 2 is 1.68 bits per heavy atom. The monoisotopic (exact) mass is 462 g/mol. The quantitative estimate of drug-likeness (QED) is 0.565. The van der Waals surface area contributed by atoms with E-state index in [0.717, 1.165) is 36.1 Å². The number of hydrogen-bond acceptors (Lipinski definition) is 5. The number of benzene rings is 2. The van der Waals surface area contributed by atoms with Crippen molar-refractivity contribution in [3.05, 3.63) is 70.3 Å². The molecule has 34 heavy (non-hydrogen) atoms. The van der Waals surface area contributed by atoms with Gasteiger partial charge in [0.25, 0.3) is 5.91 Å². The van der Waals surface area contributed by atoms with Gasteiger partial charge in [0.1, 0.15) is 5.60 Å². The van der Waals surface area contributed by atoms with Gasteiger partial charge in [0, 0.05) is 12.0 Å². The van der Waals surface area contributed by atoms with Gasteiger partial charge in [-0.1, -0.05) is 68.4 Å². The average molecular weight is 463 g/mol. The molecule has 2 aromatic carbocycles. The number of carbonyl (C=O) groups excluding carboxylic acids is 2. The van der Waals surface area contributed by atoms with E-state index in [9.17, 15) is 9.59 Å². The van der Waals surface area contributed by atoms with Crippen LogP contribution in [0.2, 0.25) is 0 Å². The van der Waals surface area contributed by atoms with Crippen molar-refractivity contribution in [1.82, 2.24) is 4.90 Å². The third kappa shape index (κ3) is 4.46. The molecule has 0 aliphatic carbocycles. The minimum absolute atomic E-state index is 0.340. The maximum atomic E-state index is 13.6. The Kier molecular flexibility index (Phi) is 6.78. The van der Waals surface area contributed by atoms with Gasteiger partial charge in [-0.15, -0.1) is 0 Å². The number of rotatable bonds is 7. The van der Waals surface area contributed by atoms with E-state index < -0.39 is 29.7 Å². The van der Waals surface area contributed by atoms with Crippen molar-refractivity contribution in [3.63, 3.8) is 0 Å². The topological polar surface area (TPSA) is 68.2 Å². The molecule has 0 N–H and O–H groups in total. The van der Waals surface area contributed by atoms with Crippen LogP contribution >= 0.6 is 0 Å². The van der Waals surface area contributed by atoms with Crippen LogP contribution in [-0.4, -0.2) is 40.4 Å². The number of nitrogens with zero attached hydrogens (tertiary/aromatic N) is 2. The molecule has 0 unspecified atom stereocenters. The van der Waals surface area contributed by atoms with Crippen molar-refractivity contribution in [2.75, 3.05) is 0 Å². The van der Waals surface area contributed by atoms with Crippen molar-refractivity contribution < 1.29 is 19.2 Å². The van der Waals surface area contributed by atoms with E-state index in [2.05, 4.69) is 38.1 Å². The van der Waals surface area contributed by atoms with Crippen molar-refractivity contribution in [3.8, 4) is 0 Å². The normalized spacial score (nSPS) is 21.3. The molecule has 180 valence electrons. The SMILES string of the molecule is CCc1cc(CC)c(C2=NO[C@H](C(=O)N3C(=O)OC(C)(C)[C@@H]3Cc3ccccc3)C2)c(CC)c1. The lowest BCUT2D eigenvalue weighted by Gasteiger charge is -2.28. The summed E-state index contributed by atoms with van der Waals surface area (Å²) >= 11 is 0. The molecule has 0 spiro atoms. The van der Waals surface area contributed by atoms with Gasteiger partial charge in [0.15, 0.2) is 0 Å². The smallest absolute Gasteiger partial charge is 0.417 e. The van der Waals surface area contributed by atoms with Crippen LogP contribution in [0.1, 0.15) is 68.9 Å². The predicted octanol–water partition coefficient (Wildman–Crippen LogP) is 5.24. The fourth-order valence-corrected chi connectivity index (χ4v) is 4.98. The first-order chi connectivity index (χ1) is 16.3. The standard InChI is InChI=1S/C28H34N2O4/c1-6-18-14-20(7-2)25(21(8-3)15-18)22-17-23(34-29-22)26(31)30-24(28(4,5)33-27(30)32)16-19-12-10-9-11-13-19/h9-15,23-24H,6-8,16-17H2,1-5H3/t23-,24-/m0/s1. The summed E-state index contributed by atoms with van der Waals surface area (Å²) < 4.78 is 5.61. The van der Waals surface area contributed by atoms with Crippen molar-refractivity contribution in [1.29, 1.82) is 0 Å². The first-order valence-corrected chi connectivity index (χ1v) is 12.3. The van der Waals surface area contributed by atoms with Gasteiger partial charge in [0.2, 0.25) is 6.10 Å². The molecule has 2 amide bonds. The molecular formula is C28H34N2O4. The van der Waals surface area contributed by atoms with Crippen LogP contribution in [0.4, 0.5) is 4.79 Å². The Balaban J connectivity index is 1.58. The van der Waals surface area contributed by atoms with Gasteiger partial charge in [-0.3, -0.25) is 4.79 Å². The first kappa shape index (κ1) is 24.0. The van der Waals surface area contributed by atoms with E-state index in [1.165, 1.54) is 21.6 Å². The molecule has 0 radical (unpaired) electrons. The maximum absolute atomic E-state index is 13.6. The van der Waals surface area contributed by atoms with Crippen LogP contribution in [0.25, 0.3) is 0 Å². The molecule has 1 saturated heterocycles. The lowest BCUT2D eigenvalue weighted by molar-refractivity contribution is -0.140. The van der Waals surface area contributed by atoms with Crippen LogP contribution in [0.15, 0.2) is 47.6 Å². The highest BCUT2D eigenvalue weighted by atomic mass is 16.6. The Labute approximate surface area is 201 Å². The third-order valence-electron chi connectivity index (χ3n) is 6.93. The van der Waals surface area contributed by atoms with Crippen LogP contribution in [0, 0.1) is 0 Å². The number of imide groups is 1. The summed E-state index contributed by atoms with van der Waals surface area (Å²) in [7, 11) is 0. The van der Waals surface area contributed by atoms with Gasteiger partial charge in [0.05, 0.1) is 11.8 Å². The fourth-order valence-electron chi connectivity index (χ4n) is 4.98. The second kappa shape index (κ2) is 9.61. The molecule has 2 aliphatic heterocycles. The number of ether oxygens (including phenoxy) is 1. The largest absolute Gasteiger partial charge is 0.441 e. The van der Waals surface area contributed by atoms with Crippen molar-refractivity contribution in [2.24, 2.45) is 5.16 Å². The number of amides is 2. The Hall–Kier alpha value is -3.15. The molecule has 0 bridgehead atoms. The zero-order valence-corrected chi connectivity index (χ0v) is 20.8. The van der Waals surface area contributed by atoms with E-state index in [1.54, 1.807) is 0 Å². The predicted molar refractivity (Wildman–Crippen MR) is 132 cm³/mol. The number of oxime groups is 1. The maximum Gasteiger partial charge on any atom is 0.417 e. The zero-order chi connectivity index (χ0) is 24.5. The van der Waals surface area contributed by atoms with Crippen LogP contribution in [0.5, 0.6) is 0 Å². The van der Waals surface area contributed by atoms with Gasteiger partial charge in [-0.25, -0.2) is 9.69 Å². The average Bonchev–Trinajstić information content (AvgIpc) is 3.40. The van der Waals surface area contributed by atoms with Crippen molar-refractivity contribution in [2.45, 2.75) is 84.5 Å². The molecule has 1 fully saturated rings. The van der Waals surface area contributed by atoms with E-state index in [0.29, 0.717) is 12.8 Å². The van der Waals surface area contributed by atoms with Gasteiger partial charge < -0.3 is 9.57 Å². The summed E-state index contributed by atoms with van der Waals surface area (Å²) in [5.41, 5.74) is 5.84. The molecule has 6 nitrogen and oxygen atoms in total. The summed E-state index contributed by atoms with van der Waals surface area (Å²) in [6.45, 7) is 10.1. The first-order valence-electron chi connectivity index (χ1n) is 12.3. The van der Waals surface area contributed by atoms with E-state index in [4.69, 9.17) is 9.57 Å². The van der Waals surface area contributed by atoms with Crippen LogP contribution in [-0.2, 0) is 40.1 Å². The number of aryl methyl sites for hydroxylation is 3. The van der Waals surface area contributed by atoms with Gasteiger partial charge in [-0.05, 0) is 61.8 Å². The van der Waals surface area contributed by atoms with E-state index >= 15 is 0 Å². The number of carbonyl (C=O) groups is 2. The zero-order valence-electron chi connectivity index (χ0n) is 20.8. The second-order valence-electron chi connectivity index (χ2n) is 9.57. The summed E-state index contributed by atoms with van der Waals surface area (Å²) in [6.07, 6.45) is 2.12. The summed E-state index contributed by atoms with van der Waals surface area (Å²) in [4.78, 5) is 33.3. The molecule has 2 aromatic rings. The highest BCUT2D eigenvalue weighted by molar-refractivity contribution is 6.07. The fraction of sp³-hybridized carbons (Fsp3) is 0.464. The Morgan fingerprint density at radius 3 is 2.26 bits per heavy atom. The Morgan fingerprint density at radius 1 is 1.03 bits per heavy atom. The molecule has 2 heterocycles. The minimum atomic E-state index is -0.838. The van der Waals surface area contributed by atoms with Crippen LogP contribution < -0.4 is 0 Å². The van der Waals surface area contributed by atoms with Gasteiger partial charge in [-0.2, -0.15) is 0 Å². The molecule has 4 rings (SSSR count). The second-order valence-corrected chi connectivity index (χ2v) is 9.57. The summed E-state index contributed by atoms with van der Waals surface area (Å²) in [6, 6.07) is 13.9. The molecule has 0 saturated carbocycles. The minimum Gasteiger partial charge on any atom is -0.441 e. The number of cyclic esters (lactones) is 1. The molecular weight excluding hydrogens is 428 g/mol. The molecule has 2 atom stereocenters. The summed E-state index contributed by atoms with van der Waals surface area (Å²) in [5.74, 6) is -0.392. The lowest BCUT2D eigenvalue weighted by Crippen LogP contribution is -2.49. The summed E-state index contributed by atoms with van der Waals surface area (Å²) in [5, 5.41) is 4.34. The molecule has 0 aromatic heterocycles. The molecule has 2 aliphatic rings. The van der Waals surface area contributed by atoms with Crippen LogP contribution in [0.3, 0.4) is 0 Å².